The number of nitrogens with zero attached hydrogens (tertiary/aromatic N) is 1. The first-order valence-electron chi connectivity index (χ1n) is 11.2. The molecule has 7 nitrogen and oxygen atoms in total. The van der Waals surface area contributed by atoms with Gasteiger partial charge in [0.2, 0.25) is 11.8 Å². The van der Waals surface area contributed by atoms with E-state index in [0.717, 1.165) is 0 Å². The Labute approximate surface area is 203 Å². The second-order valence-electron chi connectivity index (χ2n) is 8.16. The summed E-state index contributed by atoms with van der Waals surface area (Å²) < 4.78 is 29.6. The van der Waals surface area contributed by atoms with Crippen molar-refractivity contribution in [3.8, 4) is 17.2 Å². The number of carbonyl (C=O) groups excluding carboxylic acids is 2. The molecule has 0 aliphatic carbocycles. The Bertz CT molecular complexity index is 1200. The Kier molecular flexibility index (Phi) is 7.19. The normalized spacial score (nSPS) is 17.6. The van der Waals surface area contributed by atoms with Crippen LogP contribution in [0.2, 0.25) is 0 Å². The molecule has 4 rings (SSSR count). The number of benzene rings is 3. The maximum absolute atomic E-state index is 13.7. The lowest BCUT2D eigenvalue weighted by molar-refractivity contribution is -0.125. The number of rotatable bonds is 7. The molecule has 0 spiro atoms. The van der Waals surface area contributed by atoms with E-state index in [1.165, 1.54) is 19.2 Å². The molecule has 2 atom stereocenters. The highest BCUT2D eigenvalue weighted by Gasteiger charge is 2.41. The fourth-order valence-electron chi connectivity index (χ4n) is 4.38. The third-order valence-electron chi connectivity index (χ3n) is 6.16. The number of amides is 2. The van der Waals surface area contributed by atoms with Gasteiger partial charge in [0.1, 0.15) is 23.1 Å². The molecule has 1 fully saturated rings. The molecule has 8 heteroatoms. The van der Waals surface area contributed by atoms with Crippen LogP contribution in [0, 0.1) is 11.7 Å². The molecule has 1 aliphatic rings. The number of anilines is 2. The molecular weight excluding hydrogens is 451 g/mol. The summed E-state index contributed by atoms with van der Waals surface area (Å²) in [6, 6.07) is 17.5. The zero-order valence-corrected chi connectivity index (χ0v) is 19.8. The van der Waals surface area contributed by atoms with Gasteiger partial charge in [0, 0.05) is 18.2 Å². The highest BCUT2D eigenvalue weighted by molar-refractivity contribution is 6.00. The third kappa shape index (κ3) is 5.06. The van der Waals surface area contributed by atoms with Crippen molar-refractivity contribution in [1.82, 2.24) is 0 Å². The van der Waals surface area contributed by atoms with Crippen LogP contribution in [0.15, 0.2) is 66.7 Å². The number of carbonyl (C=O) groups is 2. The fraction of sp³-hybridized carbons (Fsp3) is 0.259. The van der Waals surface area contributed by atoms with Crippen molar-refractivity contribution < 1.29 is 28.2 Å². The van der Waals surface area contributed by atoms with Crippen LogP contribution in [0.3, 0.4) is 0 Å². The van der Waals surface area contributed by atoms with E-state index in [9.17, 15) is 14.0 Å². The average Bonchev–Trinajstić information content (AvgIpc) is 2.89. The van der Waals surface area contributed by atoms with Gasteiger partial charge in [-0.2, -0.15) is 0 Å². The quantitative estimate of drug-likeness (QED) is 0.519. The molecule has 35 heavy (non-hydrogen) atoms. The van der Waals surface area contributed by atoms with E-state index in [-0.39, 0.29) is 18.2 Å². The maximum Gasteiger partial charge on any atom is 0.230 e. The van der Waals surface area contributed by atoms with Crippen molar-refractivity contribution in [3.05, 3.63) is 78.1 Å². The first-order chi connectivity index (χ1) is 16.9. The van der Waals surface area contributed by atoms with Gasteiger partial charge in [0.15, 0.2) is 0 Å². The number of nitrogens with one attached hydrogen (secondary N) is 1. The highest BCUT2D eigenvalue weighted by Crippen LogP contribution is 2.41. The summed E-state index contributed by atoms with van der Waals surface area (Å²) in [5.74, 6) is 0.331. The lowest BCUT2D eigenvalue weighted by atomic mass is 9.83. The van der Waals surface area contributed by atoms with E-state index in [2.05, 4.69) is 5.32 Å². The predicted molar refractivity (Wildman–Crippen MR) is 131 cm³/mol. The van der Waals surface area contributed by atoms with Crippen LogP contribution < -0.4 is 24.4 Å². The molecule has 0 saturated carbocycles. The number of methoxy groups -OCH3 is 3. The molecule has 1 aliphatic heterocycles. The largest absolute Gasteiger partial charge is 0.497 e. The summed E-state index contributed by atoms with van der Waals surface area (Å²) in [5, 5.41) is 2.95. The maximum atomic E-state index is 13.7. The molecule has 1 saturated heterocycles. The van der Waals surface area contributed by atoms with Gasteiger partial charge in [-0.25, -0.2) is 4.39 Å². The molecule has 182 valence electrons. The number of hydrogen-bond acceptors (Lipinski definition) is 5. The summed E-state index contributed by atoms with van der Waals surface area (Å²) in [7, 11) is 4.62. The smallest absolute Gasteiger partial charge is 0.230 e. The highest BCUT2D eigenvalue weighted by atomic mass is 19.1. The van der Waals surface area contributed by atoms with Gasteiger partial charge in [-0.1, -0.05) is 12.1 Å². The number of halogens is 1. The van der Waals surface area contributed by atoms with Gasteiger partial charge < -0.3 is 24.4 Å². The molecule has 2 amide bonds. The van der Waals surface area contributed by atoms with E-state index in [1.54, 1.807) is 73.7 Å². The second-order valence-corrected chi connectivity index (χ2v) is 8.16. The summed E-state index contributed by atoms with van der Waals surface area (Å²) in [5.41, 5.74) is 1.78. The van der Waals surface area contributed by atoms with Crippen molar-refractivity contribution in [3.63, 3.8) is 0 Å². The SMILES string of the molecule is COc1ccc(N2C(=O)CCC(C(=O)Nc3ccc(OC)cc3OC)C2c2ccc(F)cc2)cc1. The Morgan fingerprint density at radius 2 is 1.57 bits per heavy atom. The summed E-state index contributed by atoms with van der Waals surface area (Å²) >= 11 is 0. The van der Waals surface area contributed by atoms with Gasteiger partial charge in [-0.15, -0.1) is 0 Å². The van der Waals surface area contributed by atoms with E-state index in [1.807, 2.05) is 0 Å². The second kappa shape index (κ2) is 10.5. The minimum absolute atomic E-state index is 0.115. The average molecular weight is 479 g/mol. The molecular formula is C27H27FN2O5. The summed E-state index contributed by atoms with van der Waals surface area (Å²) in [6.45, 7) is 0. The third-order valence-corrected chi connectivity index (χ3v) is 6.16. The zero-order valence-electron chi connectivity index (χ0n) is 19.8. The number of piperidine rings is 1. The van der Waals surface area contributed by atoms with Crippen LogP contribution in [-0.2, 0) is 9.59 Å². The van der Waals surface area contributed by atoms with Crippen LogP contribution in [0.4, 0.5) is 15.8 Å². The van der Waals surface area contributed by atoms with Crippen LogP contribution in [0.25, 0.3) is 0 Å². The molecule has 0 bridgehead atoms. The van der Waals surface area contributed by atoms with Gasteiger partial charge >= 0.3 is 0 Å². The molecule has 2 unspecified atom stereocenters. The Morgan fingerprint density at radius 3 is 2.20 bits per heavy atom. The standard InChI is InChI=1S/C27H27FN2O5/c1-33-20-10-8-19(9-11-20)30-25(31)15-13-22(26(30)17-4-6-18(28)7-5-17)27(32)29-23-14-12-21(34-2)16-24(23)35-3/h4-12,14,16,22,26H,13,15H2,1-3H3,(H,29,32). The van der Waals surface area contributed by atoms with Crippen molar-refractivity contribution in [2.24, 2.45) is 5.92 Å². The molecule has 0 radical (unpaired) electrons. The van der Waals surface area contributed by atoms with E-state index in [0.29, 0.717) is 40.6 Å². The molecule has 1 heterocycles. The van der Waals surface area contributed by atoms with Crippen LogP contribution in [0.1, 0.15) is 24.4 Å². The fourth-order valence-corrected chi connectivity index (χ4v) is 4.38. The van der Waals surface area contributed by atoms with Gasteiger partial charge in [-0.05, 0) is 60.5 Å². The minimum Gasteiger partial charge on any atom is -0.497 e. The van der Waals surface area contributed by atoms with Crippen molar-refractivity contribution in [1.29, 1.82) is 0 Å². The molecule has 3 aromatic rings. The van der Waals surface area contributed by atoms with Crippen molar-refractivity contribution in [2.45, 2.75) is 18.9 Å². The first kappa shape index (κ1) is 24.1. The first-order valence-corrected chi connectivity index (χ1v) is 11.2. The lowest BCUT2D eigenvalue weighted by Gasteiger charge is -2.41. The summed E-state index contributed by atoms with van der Waals surface area (Å²) in [6.07, 6.45) is 0.541. The Balaban J connectivity index is 1.72. The van der Waals surface area contributed by atoms with E-state index in [4.69, 9.17) is 14.2 Å². The van der Waals surface area contributed by atoms with Crippen LogP contribution >= 0.6 is 0 Å². The van der Waals surface area contributed by atoms with Gasteiger partial charge in [-0.3, -0.25) is 9.59 Å². The van der Waals surface area contributed by atoms with Crippen molar-refractivity contribution >= 4 is 23.2 Å². The van der Waals surface area contributed by atoms with Crippen molar-refractivity contribution in [2.75, 3.05) is 31.5 Å². The molecule has 0 aromatic heterocycles. The molecule has 3 aromatic carbocycles. The number of hydrogen-bond donors (Lipinski definition) is 1. The van der Waals surface area contributed by atoms with Gasteiger partial charge in [0.05, 0.1) is 39.0 Å². The molecule has 1 N–H and O–H groups in total. The minimum atomic E-state index is -0.630. The topological polar surface area (TPSA) is 77.1 Å². The zero-order chi connectivity index (χ0) is 24.9. The number of ether oxygens (including phenoxy) is 3. The predicted octanol–water partition coefficient (Wildman–Crippen LogP) is 4.97. The Hall–Kier alpha value is -4.07. The van der Waals surface area contributed by atoms with Crippen LogP contribution in [0.5, 0.6) is 17.2 Å². The Morgan fingerprint density at radius 1 is 0.914 bits per heavy atom. The summed E-state index contributed by atoms with van der Waals surface area (Å²) in [4.78, 5) is 28.4. The lowest BCUT2D eigenvalue weighted by Crippen LogP contribution is -2.47. The van der Waals surface area contributed by atoms with E-state index >= 15 is 0 Å². The van der Waals surface area contributed by atoms with E-state index < -0.39 is 17.8 Å². The van der Waals surface area contributed by atoms with Crippen LogP contribution in [-0.4, -0.2) is 33.1 Å². The van der Waals surface area contributed by atoms with Gasteiger partial charge in [0.25, 0.3) is 0 Å². The monoisotopic (exact) mass is 478 g/mol.